The lowest BCUT2D eigenvalue weighted by molar-refractivity contribution is -0.138. The molecule has 3 rings (SSSR count). The number of aliphatic carboxylic acids is 1. The van der Waals surface area contributed by atoms with Crippen LogP contribution in [0.2, 0.25) is 5.02 Å². The number of benzene rings is 2. The molecule has 6 nitrogen and oxygen atoms in total. The number of hydrogen-bond donors (Lipinski definition) is 1. The number of carboxylic acids is 1. The van der Waals surface area contributed by atoms with E-state index in [0.29, 0.717) is 49.2 Å². The summed E-state index contributed by atoms with van der Waals surface area (Å²) in [5.41, 5.74) is 0.974. The number of alkyl halides is 3. The molecule has 1 N–H and O–H groups in total. The Morgan fingerprint density at radius 3 is 2.28 bits per heavy atom. The molecule has 0 saturated carbocycles. The molecule has 1 aliphatic heterocycles. The minimum Gasteiger partial charge on any atom is -0.481 e. The van der Waals surface area contributed by atoms with E-state index < -0.39 is 27.7 Å². The highest BCUT2D eigenvalue weighted by atomic mass is 35.5. The van der Waals surface area contributed by atoms with Gasteiger partial charge in [0.15, 0.2) is 0 Å². The summed E-state index contributed by atoms with van der Waals surface area (Å²) >= 11 is 5.81. The van der Waals surface area contributed by atoms with Crippen molar-refractivity contribution in [3.63, 3.8) is 0 Å². The van der Waals surface area contributed by atoms with E-state index in [1.165, 1.54) is 22.5 Å². The van der Waals surface area contributed by atoms with Gasteiger partial charge in [0.05, 0.1) is 21.9 Å². The molecule has 1 heterocycles. The summed E-state index contributed by atoms with van der Waals surface area (Å²) in [5, 5.41) is 8.78. The second-order valence-electron chi connectivity index (χ2n) is 9.43. The van der Waals surface area contributed by atoms with Crippen LogP contribution in [0.1, 0.15) is 42.5 Å². The number of hydrogen-bond acceptors (Lipinski definition) is 4. The number of piperazine rings is 1. The number of halogens is 4. The molecule has 2 aromatic rings. The molecular formula is C25H30ClF3N2O4S. The Hall–Kier alpha value is -2.14. The normalized spacial score (nSPS) is 20.0. The molecule has 0 radical (unpaired) electrons. The standard InChI is InChI=1S/C25H30ClF3N2O4S/c1-16-9-20(13-24(32)33)11-21(10-16)36(34,35)31-17(2)14-30(15-18(31)3)8-4-5-19-6-7-22(23(26)12-19)25(27,28)29/h6-7,9-12,17-18H,4-5,8,13-15H2,1-3H3,(H,32,33)/t17-,18?/m0/s1. The van der Waals surface area contributed by atoms with Gasteiger partial charge in [-0.25, -0.2) is 8.42 Å². The van der Waals surface area contributed by atoms with Crippen LogP contribution in [0.4, 0.5) is 13.2 Å². The first-order chi connectivity index (χ1) is 16.7. The van der Waals surface area contributed by atoms with Crippen LogP contribution in [0.15, 0.2) is 41.3 Å². The summed E-state index contributed by atoms with van der Waals surface area (Å²) in [6.07, 6.45) is -3.51. The quantitative estimate of drug-likeness (QED) is 0.503. The van der Waals surface area contributed by atoms with Gasteiger partial charge in [-0.15, -0.1) is 0 Å². The summed E-state index contributed by atoms with van der Waals surface area (Å²) in [6.45, 7) is 7.08. The van der Waals surface area contributed by atoms with Crippen molar-refractivity contribution in [1.29, 1.82) is 0 Å². The summed E-state index contributed by atoms with van der Waals surface area (Å²) in [5.74, 6) is -1.03. The molecule has 2 atom stereocenters. The van der Waals surface area contributed by atoms with Crippen molar-refractivity contribution < 1.29 is 31.5 Å². The Balaban J connectivity index is 1.65. The molecule has 1 fully saturated rings. The molecule has 1 saturated heterocycles. The lowest BCUT2D eigenvalue weighted by Gasteiger charge is -2.43. The van der Waals surface area contributed by atoms with Gasteiger partial charge >= 0.3 is 12.1 Å². The van der Waals surface area contributed by atoms with Crippen LogP contribution in [0.25, 0.3) is 0 Å². The van der Waals surface area contributed by atoms with E-state index in [1.807, 2.05) is 13.8 Å². The molecule has 198 valence electrons. The van der Waals surface area contributed by atoms with Crippen molar-refractivity contribution in [3.05, 3.63) is 63.7 Å². The zero-order chi connectivity index (χ0) is 26.8. The van der Waals surface area contributed by atoms with E-state index in [1.54, 1.807) is 19.1 Å². The van der Waals surface area contributed by atoms with Crippen molar-refractivity contribution >= 4 is 27.6 Å². The van der Waals surface area contributed by atoms with Crippen LogP contribution in [-0.2, 0) is 33.8 Å². The molecule has 0 bridgehead atoms. The molecular weight excluding hydrogens is 517 g/mol. The fraction of sp³-hybridized carbons (Fsp3) is 0.480. The van der Waals surface area contributed by atoms with Crippen LogP contribution < -0.4 is 0 Å². The SMILES string of the molecule is Cc1cc(CC(=O)O)cc(S(=O)(=O)N2C(C)CN(CCCc3ccc(C(F)(F)F)c(Cl)c3)C[C@@H]2C)c1. The topological polar surface area (TPSA) is 77.9 Å². The lowest BCUT2D eigenvalue weighted by Crippen LogP contribution is -2.58. The number of sulfonamides is 1. The highest BCUT2D eigenvalue weighted by Crippen LogP contribution is 2.35. The molecule has 1 aliphatic rings. The average Bonchev–Trinajstić information content (AvgIpc) is 2.71. The predicted molar refractivity (Wildman–Crippen MR) is 132 cm³/mol. The Labute approximate surface area is 214 Å². The minimum absolute atomic E-state index is 0.0880. The summed E-state index contributed by atoms with van der Waals surface area (Å²) in [4.78, 5) is 13.4. The zero-order valence-electron chi connectivity index (χ0n) is 20.3. The van der Waals surface area contributed by atoms with Crippen molar-refractivity contribution in [2.75, 3.05) is 19.6 Å². The number of aryl methyl sites for hydroxylation is 2. The van der Waals surface area contributed by atoms with Gasteiger partial charge in [-0.2, -0.15) is 17.5 Å². The molecule has 1 unspecified atom stereocenters. The first-order valence-corrected chi connectivity index (χ1v) is 13.4. The summed E-state index contributed by atoms with van der Waals surface area (Å²) in [7, 11) is -3.84. The van der Waals surface area contributed by atoms with Crippen LogP contribution in [0, 0.1) is 6.92 Å². The van der Waals surface area contributed by atoms with E-state index in [9.17, 15) is 26.4 Å². The Morgan fingerprint density at radius 2 is 1.72 bits per heavy atom. The Morgan fingerprint density at radius 1 is 1.08 bits per heavy atom. The van der Waals surface area contributed by atoms with E-state index in [2.05, 4.69) is 4.90 Å². The van der Waals surface area contributed by atoms with Crippen LogP contribution in [0.3, 0.4) is 0 Å². The monoisotopic (exact) mass is 546 g/mol. The summed E-state index contributed by atoms with van der Waals surface area (Å²) < 4.78 is 67.2. The van der Waals surface area contributed by atoms with Gasteiger partial charge in [0, 0.05) is 25.2 Å². The minimum atomic E-state index is -4.49. The highest BCUT2D eigenvalue weighted by molar-refractivity contribution is 7.89. The molecule has 0 amide bonds. The smallest absolute Gasteiger partial charge is 0.417 e. The largest absolute Gasteiger partial charge is 0.481 e. The molecule has 2 aromatic carbocycles. The first kappa shape index (κ1) is 28.4. The van der Waals surface area contributed by atoms with Gasteiger partial charge < -0.3 is 10.0 Å². The van der Waals surface area contributed by atoms with E-state index >= 15 is 0 Å². The highest BCUT2D eigenvalue weighted by Gasteiger charge is 2.38. The number of carbonyl (C=O) groups is 1. The third-order valence-corrected chi connectivity index (χ3v) is 8.65. The van der Waals surface area contributed by atoms with Gasteiger partial charge in [-0.05, 0) is 81.1 Å². The fourth-order valence-corrected chi connectivity index (χ4v) is 7.17. The maximum absolute atomic E-state index is 13.5. The molecule has 0 aromatic heterocycles. The van der Waals surface area contributed by atoms with Gasteiger partial charge in [0.25, 0.3) is 0 Å². The van der Waals surface area contributed by atoms with Gasteiger partial charge in [-0.1, -0.05) is 23.7 Å². The second-order valence-corrected chi connectivity index (χ2v) is 11.7. The van der Waals surface area contributed by atoms with Crippen molar-refractivity contribution in [1.82, 2.24) is 9.21 Å². The molecule has 11 heteroatoms. The maximum atomic E-state index is 13.5. The average molecular weight is 547 g/mol. The summed E-state index contributed by atoms with van der Waals surface area (Å²) in [6, 6.07) is 7.80. The third kappa shape index (κ3) is 6.79. The Bertz CT molecular complexity index is 1210. The number of rotatable bonds is 8. The van der Waals surface area contributed by atoms with Crippen LogP contribution in [0.5, 0.6) is 0 Å². The van der Waals surface area contributed by atoms with Crippen molar-refractivity contribution in [2.24, 2.45) is 0 Å². The van der Waals surface area contributed by atoms with Crippen LogP contribution in [-0.4, -0.2) is 60.4 Å². The van der Waals surface area contributed by atoms with Gasteiger partial charge in [0.2, 0.25) is 10.0 Å². The molecule has 0 spiro atoms. The van der Waals surface area contributed by atoms with E-state index in [4.69, 9.17) is 16.7 Å². The fourth-order valence-electron chi connectivity index (χ4n) is 4.90. The lowest BCUT2D eigenvalue weighted by atomic mass is 10.1. The number of carboxylic acid groups (broad SMARTS) is 1. The maximum Gasteiger partial charge on any atom is 0.417 e. The molecule has 36 heavy (non-hydrogen) atoms. The van der Waals surface area contributed by atoms with Crippen LogP contribution >= 0.6 is 11.6 Å². The van der Waals surface area contributed by atoms with Crippen molar-refractivity contribution in [2.45, 2.75) is 63.2 Å². The van der Waals surface area contributed by atoms with E-state index in [0.717, 1.165) is 6.07 Å². The van der Waals surface area contributed by atoms with E-state index in [-0.39, 0.29) is 28.4 Å². The van der Waals surface area contributed by atoms with Crippen molar-refractivity contribution in [3.8, 4) is 0 Å². The predicted octanol–water partition coefficient (Wildman–Crippen LogP) is 5.01. The first-order valence-electron chi connectivity index (χ1n) is 11.6. The van der Waals surface area contributed by atoms with Gasteiger partial charge in [-0.3, -0.25) is 4.79 Å². The Kier molecular flexibility index (Phi) is 8.75. The zero-order valence-corrected chi connectivity index (χ0v) is 21.9. The second kappa shape index (κ2) is 11.1. The van der Waals surface area contributed by atoms with Gasteiger partial charge in [0.1, 0.15) is 0 Å². The molecule has 0 aliphatic carbocycles. The third-order valence-electron chi connectivity index (χ3n) is 6.23. The number of nitrogens with zero attached hydrogens (tertiary/aromatic N) is 2.